The highest BCUT2D eigenvalue weighted by atomic mass is 32.1. The summed E-state index contributed by atoms with van der Waals surface area (Å²) in [4.78, 5) is 21.4. The quantitative estimate of drug-likeness (QED) is 0.452. The maximum absolute atomic E-state index is 12.0. The number of aromatic nitrogens is 1. The molecule has 6 nitrogen and oxygen atoms in total. The van der Waals surface area contributed by atoms with Gasteiger partial charge < -0.3 is 15.4 Å². The van der Waals surface area contributed by atoms with Gasteiger partial charge in [0.15, 0.2) is 5.96 Å². The van der Waals surface area contributed by atoms with Gasteiger partial charge in [0.25, 0.3) is 0 Å². The Labute approximate surface area is 164 Å². The summed E-state index contributed by atoms with van der Waals surface area (Å²) in [5, 5.41) is 7.69. The van der Waals surface area contributed by atoms with Crippen molar-refractivity contribution in [2.75, 3.05) is 13.7 Å². The van der Waals surface area contributed by atoms with Crippen LogP contribution < -0.4 is 10.6 Å². The smallest absolute Gasteiger partial charge is 0.350 e. The van der Waals surface area contributed by atoms with Crippen LogP contribution >= 0.6 is 11.3 Å². The Bertz CT molecular complexity index is 819. The molecule has 3 atom stereocenters. The number of rotatable bonds is 6. The average Bonchev–Trinajstić information content (AvgIpc) is 3.33. The zero-order valence-electron chi connectivity index (χ0n) is 16.2. The molecule has 0 radical (unpaired) electrons. The molecule has 0 amide bonds. The van der Waals surface area contributed by atoms with Gasteiger partial charge in [-0.1, -0.05) is 30.3 Å². The van der Waals surface area contributed by atoms with Crippen LogP contribution in [-0.2, 0) is 4.74 Å². The van der Waals surface area contributed by atoms with Gasteiger partial charge >= 0.3 is 5.97 Å². The largest absolute Gasteiger partial charge is 0.462 e. The van der Waals surface area contributed by atoms with E-state index >= 15 is 0 Å². The van der Waals surface area contributed by atoms with Crippen LogP contribution in [0.25, 0.3) is 0 Å². The lowest BCUT2D eigenvalue weighted by molar-refractivity contribution is 0.0531. The van der Waals surface area contributed by atoms with E-state index in [0.717, 1.165) is 17.4 Å². The Kier molecular flexibility index (Phi) is 6.11. The van der Waals surface area contributed by atoms with Crippen molar-refractivity contribution in [2.24, 2.45) is 4.99 Å². The number of aliphatic imine (C=N–C) groups is 1. The lowest BCUT2D eigenvalue weighted by atomic mass is 10.1. The number of nitrogens with one attached hydrogen (secondary N) is 2. The van der Waals surface area contributed by atoms with Gasteiger partial charge in [-0.05, 0) is 32.8 Å². The molecule has 1 aromatic carbocycles. The van der Waals surface area contributed by atoms with Crippen molar-refractivity contribution in [3.05, 3.63) is 51.5 Å². The lowest BCUT2D eigenvalue weighted by Gasteiger charge is -2.16. The summed E-state index contributed by atoms with van der Waals surface area (Å²) in [5.41, 5.74) is 2.06. The molecular weight excluding hydrogens is 360 g/mol. The highest BCUT2D eigenvalue weighted by Gasteiger charge is 2.39. The molecule has 2 N–H and O–H groups in total. The molecule has 2 aromatic rings. The van der Waals surface area contributed by atoms with E-state index in [9.17, 15) is 4.79 Å². The predicted octanol–water partition coefficient (Wildman–Crippen LogP) is 3.41. The molecule has 1 fully saturated rings. The second-order valence-corrected chi connectivity index (χ2v) is 7.66. The first-order chi connectivity index (χ1) is 13.0. The third-order valence-electron chi connectivity index (χ3n) is 4.56. The van der Waals surface area contributed by atoms with Gasteiger partial charge in [0, 0.05) is 19.0 Å². The number of nitrogens with zero attached hydrogens (tertiary/aromatic N) is 2. The van der Waals surface area contributed by atoms with Gasteiger partial charge in [0.1, 0.15) is 9.88 Å². The SMILES string of the molecule is CCOC(=O)c1sc(C(C)NC(=NC)NC2CC2c2ccccc2)nc1C. The number of hydrogen-bond donors (Lipinski definition) is 2. The Morgan fingerprint density at radius 1 is 1.41 bits per heavy atom. The van der Waals surface area contributed by atoms with Crippen molar-refractivity contribution < 1.29 is 9.53 Å². The number of ether oxygens (including phenoxy) is 1. The Balaban J connectivity index is 1.59. The number of thiazole rings is 1. The maximum Gasteiger partial charge on any atom is 0.350 e. The molecular formula is C20H26N4O2S. The summed E-state index contributed by atoms with van der Waals surface area (Å²) >= 11 is 1.37. The summed E-state index contributed by atoms with van der Waals surface area (Å²) in [7, 11) is 1.76. The number of benzene rings is 1. The van der Waals surface area contributed by atoms with Crippen molar-refractivity contribution in [3.63, 3.8) is 0 Å². The summed E-state index contributed by atoms with van der Waals surface area (Å²) in [6.07, 6.45) is 1.10. The van der Waals surface area contributed by atoms with E-state index in [-0.39, 0.29) is 12.0 Å². The minimum absolute atomic E-state index is 0.0583. The standard InChI is InChI=1S/C20H26N4O2S/c1-5-26-19(25)17-12(2)22-18(27-17)13(3)23-20(21-4)24-16-11-15(16)14-9-7-6-8-10-14/h6-10,13,15-16H,5,11H2,1-4H3,(H2,21,23,24). The summed E-state index contributed by atoms with van der Waals surface area (Å²) < 4.78 is 5.09. The van der Waals surface area contributed by atoms with Gasteiger partial charge in [0.2, 0.25) is 0 Å². The van der Waals surface area contributed by atoms with E-state index in [1.807, 2.05) is 19.9 Å². The normalized spacial score (nSPS) is 20.1. The van der Waals surface area contributed by atoms with E-state index in [1.54, 1.807) is 14.0 Å². The molecule has 0 spiro atoms. The first kappa shape index (κ1) is 19.4. The van der Waals surface area contributed by atoms with E-state index in [0.29, 0.717) is 29.1 Å². The van der Waals surface area contributed by atoms with Crippen LogP contribution in [0.3, 0.4) is 0 Å². The number of esters is 1. The molecule has 3 unspecified atom stereocenters. The van der Waals surface area contributed by atoms with Crippen LogP contribution in [0.5, 0.6) is 0 Å². The highest BCUT2D eigenvalue weighted by molar-refractivity contribution is 7.13. The molecule has 1 aliphatic carbocycles. The average molecular weight is 387 g/mol. The van der Waals surface area contributed by atoms with Crippen molar-refractivity contribution in [1.29, 1.82) is 0 Å². The van der Waals surface area contributed by atoms with E-state index in [4.69, 9.17) is 4.74 Å². The first-order valence-electron chi connectivity index (χ1n) is 9.22. The topological polar surface area (TPSA) is 75.6 Å². The first-order valence-corrected chi connectivity index (χ1v) is 10.0. The van der Waals surface area contributed by atoms with Crippen LogP contribution in [0.15, 0.2) is 35.3 Å². The van der Waals surface area contributed by atoms with E-state index < -0.39 is 0 Å². The highest BCUT2D eigenvalue weighted by Crippen LogP contribution is 2.40. The molecule has 1 aromatic heterocycles. The third-order valence-corrected chi connectivity index (χ3v) is 5.88. The molecule has 0 aliphatic heterocycles. The van der Waals surface area contributed by atoms with Crippen molar-refractivity contribution in [2.45, 2.75) is 45.2 Å². The number of aryl methyl sites for hydroxylation is 1. The van der Waals surface area contributed by atoms with Gasteiger partial charge in [0.05, 0.1) is 18.3 Å². The Morgan fingerprint density at radius 2 is 2.15 bits per heavy atom. The zero-order chi connectivity index (χ0) is 19.4. The monoisotopic (exact) mass is 386 g/mol. The van der Waals surface area contributed by atoms with Crippen LogP contribution in [0, 0.1) is 6.92 Å². The van der Waals surface area contributed by atoms with E-state index in [1.165, 1.54) is 16.9 Å². The second-order valence-electron chi connectivity index (χ2n) is 6.63. The fraction of sp³-hybridized carbons (Fsp3) is 0.450. The number of guanidine groups is 1. The van der Waals surface area contributed by atoms with Gasteiger partial charge in [-0.15, -0.1) is 11.3 Å². The van der Waals surface area contributed by atoms with Crippen LogP contribution in [-0.4, -0.2) is 36.6 Å². The molecule has 0 saturated heterocycles. The van der Waals surface area contributed by atoms with Crippen molar-refractivity contribution >= 4 is 23.3 Å². The fourth-order valence-corrected chi connectivity index (χ4v) is 3.99. The Morgan fingerprint density at radius 3 is 2.81 bits per heavy atom. The molecule has 3 rings (SSSR count). The van der Waals surface area contributed by atoms with Gasteiger partial charge in [-0.2, -0.15) is 0 Å². The second kappa shape index (κ2) is 8.52. The van der Waals surface area contributed by atoms with Crippen LogP contribution in [0.4, 0.5) is 0 Å². The molecule has 1 aliphatic rings. The summed E-state index contributed by atoms with van der Waals surface area (Å²) in [6.45, 7) is 6.01. The number of carbonyl (C=O) groups is 1. The molecule has 27 heavy (non-hydrogen) atoms. The molecule has 144 valence electrons. The maximum atomic E-state index is 12.0. The lowest BCUT2D eigenvalue weighted by Crippen LogP contribution is -2.40. The fourth-order valence-electron chi connectivity index (χ4n) is 3.02. The predicted molar refractivity (Wildman–Crippen MR) is 108 cm³/mol. The summed E-state index contributed by atoms with van der Waals surface area (Å²) in [6, 6.07) is 10.9. The zero-order valence-corrected chi connectivity index (χ0v) is 17.0. The molecule has 7 heteroatoms. The molecule has 1 saturated carbocycles. The minimum Gasteiger partial charge on any atom is -0.462 e. The van der Waals surface area contributed by atoms with Gasteiger partial charge in [-0.25, -0.2) is 9.78 Å². The summed E-state index contributed by atoms with van der Waals surface area (Å²) in [5.74, 6) is 0.964. The van der Waals surface area contributed by atoms with Crippen molar-refractivity contribution in [3.8, 4) is 0 Å². The minimum atomic E-state index is -0.308. The van der Waals surface area contributed by atoms with Crippen LogP contribution in [0.2, 0.25) is 0 Å². The number of carbonyl (C=O) groups excluding carboxylic acids is 1. The van der Waals surface area contributed by atoms with Crippen molar-refractivity contribution in [1.82, 2.24) is 15.6 Å². The van der Waals surface area contributed by atoms with E-state index in [2.05, 4.69) is 44.9 Å². The van der Waals surface area contributed by atoms with Crippen LogP contribution in [0.1, 0.15) is 58.2 Å². The number of hydrogen-bond acceptors (Lipinski definition) is 5. The molecule has 0 bridgehead atoms. The van der Waals surface area contributed by atoms with Gasteiger partial charge in [-0.3, -0.25) is 4.99 Å². The molecule has 1 heterocycles. The Hall–Kier alpha value is -2.41. The third kappa shape index (κ3) is 4.66.